The Labute approximate surface area is 123 Å². The summed E-state index contributed by atoms with van der Waals surface area (Å²) in [7, 11) is 0. The maximum absolute atomic E-state index is 12.0. The van der Waals surface area contributed by atoms with Crippen molar-refractivity contribution in [3.05, 3.63) is 35.4 Å². The van der Waals surface area contributed by atoms with Crippen molar-refractivity contribution in [1.29, 1.82) is 0 Å². The van der Waals surface area contributed by atoms with Crippen molar-refractivity contribution >= 4 is 5.91 Å². The van der Waals surface area contributed by atoms with Gasteiger partial charge in [-0.1, -0.05) is 51.2 Å². The summed E-state index contributed by atoms with van der Waals surface area (Å²) in [4.78, 5) is 12.0. The molecule has 0 aromatic heterocycles. The van der Waals surface area contributed by atoms with Gasteiger partial charge in [-0.05, 0) is 42.9 Å². The molecule has 2 nitrogen and oxygen atoms in total. The Morgan fingerprint density at radius 2 is 1.80 bits per heavy atom. The molecule has 1 aliphatic carbocycles. The van der Waals surface area contributed by atoms with Crippen LogP contribution in [0.15, 0.2) is 24.3 Å². The molecule has 1 saturated carbocycles. The molecule has 0 unspecified atom stereocenters. The van der Waals surface area contributed by atoms with Crippen molar-refractivity contribution in [2.45, 2.75) is 64.2 Å². The fourth-order valence-corrected chi connectivity index (χ4v) is 3.02. The molecule has 2 rings (SSSR count). The molecule has 110 valence electrons. The van der Waals surface area contributed by atoms with Crippen LogP contribution < -0.4 is 5.32 Å². The Bertz CT molecular complexity index is 404. The third kappa shape index (κ3) is 4.36. The van der Waals surface area contributed by atoms with Gasteiger partial charge < -0.3 is 5.32 Å². The second-order valence-corrected chi connectivity index (χ2v) is 5.92. The van der Waals surface area contributed by atoms with Crippen molar-refractivity contribution in [1.82, 2.24) is 5.32 Å². The Morgan fingerprint density at radius 3 is 2.45 bits per heavy atom. The number of carbonyl (C=O) groups excluding carboxylic acids is 1. The van der Waals surface area contributed by atoms with Crippen LogP contribution >= 0.6 is 0 Å². The van der Waals surface area contributed by atoms with Crippen LogP contribution in [0, 0.1) is 0 Å². The van der Waals surface area contributed by atoms with E-state index in [2.05, 4.69) is 24.4 Å². The van der Waals surface area contributed by atoms with Crippen LogP contribution in [0.4, 0.5) is 0 Å². The van der Waals surface area contributed by atoms with Crippen molar-refractivity contribution in [3.63, 3.8) is 0 Å². The second kappa shape index (κ2) is 8.08. The second-order valence-electron chi connectivity index (χ2n) is 5.92. The van der Waals surface area contributed by atoms with E-state index in [0.29, 0.717) is 0 Å². The Balaban J connectivity index is 1.78. The van der Waals surface area contributed by atoms with Gasteiger partial charge in [-0.2, -0.15) is 0 Å². The summed E-state index contributed by atoms with van der Waals surface area (Å²) in [6, 6.07) is 8.24. The van der Waals surface area contributed by atoms with Gasteiger partial charge in [0.25, 0.3) is 5.91 Å². The first-order valence-corrected chi connectivity index (χ1v) is 8.19. The number of nitrogens with one attached hydrogen (secondary N) is 1. The molecule has 1 aromatic carbocycles. The quantitative estimate of drug-likeness (QED) is 0.720. The normalized spacial score (nSPS) is 15.4. The molecule has 0 bridgehead atoms. The molecular formula is C18H27NO. The van der Waals surface area contributed by atoms with Crippen LogP contribution in [0.5, 0.6) is 0 Å². The summed E-state index contributed by atoms with van der Waals surface area (Å²) >= 11 is 0. The van der Waals surface area contributed by atoms with Gasteiger partial charge in [0, 0.05) is 12.1 Å². The van der Waals surface area contributed by atoms with E-state index in [0.717, 1.165) is 24.4 Å². The number of hydrogen-bond donors (Lipinski definition) is 1. The van der Waals surface area contributed by atoms with Crippen molar-refractivity contribution in [2.75, 3.05) is 6.54 Å². The van der Waals surface area contributed by atoms with E-state index in [9.17, 15) is 4.79 Å². The number of benzene rings is 1. The summed E-state index contributed by atoms with van der Waals surface area (Å²) in [5.74, 6) is 0.792. The molecule has 0 spiro atoms. The van der Waals surface area contributed by atoms with E-state index in [1.54, 1.807) is 0 Å². The monoisotopic (exact) mass is 273 g/mol. The zero-order valence-electron chi connectivity index (χ0n) is 12.7. The smallest absolute Gasteiger partial charge is 0.251 e. The molecule has 0 radical (unpaired) electrons. The molecule has 1 amide bonds. The average Bonchev–Trinajstić information content (AvgIpc) is 3.01. The first-order chi connectivity index (χ1) is 9.81. The summed E-state index contributed by atoms with van der Waals surface area (Å²) in [5, 5.41) is 3.01. The van der Waals surface area contributed by atoms with Gasteiger partial charge in [-0.3, -0.25) is 4.79 Å². The van der Waals surface area contributed by atoms with Gasteiger partial charge in [0.2, 0.25) is 0 Å². The van der Waals surface area contributed by atoms with Gasteiger partial charge in [0.05, 0.1) is 0 Å². The van der Waals surface area contributed by atoms with Crippen molar-refractivity contribution in [3.8, 4) is 0 Å². The SMILES string of the molecule is CCCCCCNC(=O)c1ccc(C2CCCC2)cc1. The average molecular weight is 273 g/mol. The fraction of sp³-hybridized carbons (Fsp3) is 0.611. The number of carbonyl (C=O) groups is 1. The lowest BCUT2D eigenvalue weighted by Gasteiger charge is -2.10. The largest absolute Gasteiger partial charge is 0.352 e. The topological polar surface area (TPSA) is 29.1 Å². The summed E-state index contributed by atoms with van der Waals surface area (Å²) in [6.07, 6.45) is 10.1. The summed E-state index contributed by atoms with van der Waals surface area (Å²) in [6.45, 7) is 2.99. The molecule has 2 heteroatoms. The predicted molar refractivity (Wildman–Crippen MR) is 84.1 cm³/mol. The highest BCUT2D eigenvalue weighted by molar-refractivity contribution is 5.94. The van der Waals surface area contributed by atoms with E-state index >= 15 is 0 Å². The Morgan fingerprint density at radius 1 is 1.10 bits per heavy atom. The molecular weight excluding hydrogens is 246 g/mol. The van der Waals surface area contributed by atoms with Crippen LogP contribution in [0.2, 0.25) is 0 Å². The first kappa shape index (κ1) is 15.1. The van der Waals surface area contributed by atoms with E-state index in [4.69, 9.17) is 0 Å². The molecule has 1 aromatic rings. The lowest BCUT2D eigenvalue weighted by atomic mass is 9.96. The predicted octanol–water partition coefficient (Wildman–Crippen LogP) is 4.65. The minimum atomic E-state index is 0.0690. The molecule has 1 aliphatic rings. The van der Waals surface area contributed by atoms with E-state index in [1.807, 2.05) is 12.1 Å². The number of rotatable bonds is 7. The van der Waals surface area contributed by atoms with Crippen LogP contribution in [-0.4, -0.2) is 12.5 Å². The third-order valence-electron chi connectivity index (χ3n) is 4.32. The minimum Gasteiger partial charge on any atom is -0.352 e. The third-order valence-corrected chi connectivity index (χ3v) is 4.32. The van der Waals surface area contributed by atoms with Gasteiger partial charge in [0.15, 0.2) is 0 Å². The minimum absolute atomic E-state index is 0.0690. The standard InChI is InChI=1S/C18H27NO/c1-2-3-4-7-14-19-18(20)17-12-10-16(11-13-17)15-8-5-6-9-15/h10-13,15H,2-9,14H2,1H3,(H,19,20). The maximum atomic E-state index is 12.0. The summed E-state index contributed by atoms with van der Waals surface area (Å²) in [5.41, 5.74) is 2.20. The molecule has 1 N–H and O–H groups in total. The fourth-order valence-electron chi connectivity index (χ4n) is 3.02. The van der Waals surface area contributed by atoms with Gasteiger partial charge in [0.1, 0.15) is 0 Å². The highest BCUT2D eigenvalue weighted by atomic mass is 16.1. The summed E-state index contributed by atoms with van der Waals surface area (Å²) < 4.78 is 0. The zero-order valence-corrected chi connectivity index (χ0v) is 12.7. The van der Waals surface area contributed by atoms with Gasteiger partial charge >= 0.3 is 0 Å². The Hall–Kier alpha value is -1.31. The number of amides is 1. The van der Waals surface area contributed by atoms with Crippen molar-refractivity contribution < 1.29 is 4.79 Å². The zero-order chi connectivity index (χ0) is 14.2. The molecule has 0 saturated heterocycles. The number of unbranched alkanes of at least 4 members (excludes halogenated alkanes) is 3. The maximum Gasteiger partial charge on any atom is 0.251 e. The van der Waals surface area contributed by atoms with E-state index in [1.165, 1.54) is 50.5 Å². The molecule has 0 aliphatic heterocycles. The van der Waals surface area contributed by atoms with Crippen molar-refractivity contribution in [2.24, 2.45) is 0 Å². The van der Waals surface area contributed by atoms with Gasteiger partial charge in [-0.15, -0.1) is 0 Å². The van der Waals surface area contributed by atoms with Crippen LogP contribution in [0.25, 0.3) is 0 Å². The lowest BCUT2D eigenvalue weighted by Crippen LogP contribution is -2.24. The van der Waals surface area contributed by atoms with Gasteiger partial charge in [-0.25, -0.2) is 0 Å². The van der Waals surface area contributed by atoms with E-state index < -0.39 is 0 Å². The highest BCUT2D eigenvalue weighted by Gasteiger charge is 2.17. The Kier molecular flexibility index (Phi) is 6.10. The molecule has 0 heterocycles. The highest BCUT2D eigenvalue weighted by Crippen LogP contribution is 2.33. The van der Waals surface area contributed by atoms with E-state index in [-0.39, 0.29) is 5.91 Å². The molecule has 0 atom stereocenters. The lowest BCUT2D eigenvalue weighted by molar-refractivity contribution is 0.0953. The molecule has 20 heavy (non-hydrogen) atoms. The first-order valence-electron chi connectivity index (χ1n) is 8.19. The molecule has 1 fully saturated rings. The van der Waals surface area contributed by atoms with Crippen LogP contribution in [0.1, 0.15) is 80.1 Å². The number of hydrogen-bond acceptors (Lipinski definition) is 1. The van der Waals surface area contributed by atoms with Crippen LogP contribution in [0.3, 0.4) is 0 Å². The van der Waals surface area contributed by atoms with Crippen LogP contribution in [-0.2, 0) is 0 Å².